The summed E-state index contributed by atoms with van der Waals surface area (Å²) in [6.07, 6.45) is 0.0309. The van der Waals surface area contributed by atoms with Gasteiger partial charge in [-0.1, -0.05) is 18.2 Å². The molecule has 3 nitrogen and oxygen atoms in total. The zero-order valence-electron chi connectivity index (χ0n) is 8.73. The molecule has 1 unspecified atom stereocenters. The number of aliphatic hydroxyl groups is 1. The van der Waals surface area contributed by atoms with Gasteiger partial charge < -0.3 is 15.3 Å². The van der Waals surface area contributed by atoms with Gasteiger partial charge in [-0.25, -0.2) is 0 Å². The molecule has 0 aliphatic rings. The maximum Gasteiger partial charge on any atom is 0.134 e. The van der Waals surface area contributed by atoms with Crippen molar-refractivity contribution in [3.05, 3.63) is 35.6 Å². The van der Waals surface area contributed by atoms with Crippen LogP contribution in [0, 0.1) is 6.92 Å². The van der Waals surface area contributed by atoms with E-state index >= 15 is 0 Å². The lowest BCUT2D eigenvalue weighted by atomic mass is 10.0. The van der Waals surface area contributed by atoms with Crippen molar-refractivity contribution in [2.75, 3.05) is 6.54 Å². The SMILES string of the molecule is Cc1oc2ccccc2c1C(O)CCN. The van der Waals surface area contributed by atoms with Gasteiger partial charge in [-0.2, -0.15) is 0 Å². The van der Waals surface area contributed by atoms with Crippen molar-refractivity contribution in [1.29, 1.82) is 0 Å². The van der Waals surface area contributed by atoms with E-state index in [-0.39, 0.29) is 0 Å². The van der Waals surface area contributed by atoms with Gasteiger partial charge in [-0.05, 0) is 26.0 Å². The molecule has 0 saturated carbocycles. The van der Waals surface area contributed by atoms with Gasteiger partial charge in [0.1, 0.15) is 11.3 Å². The molecule has 3 N–H and O–H groups in total. The number of rotatable bonds is 3. The molecule has 2 rings (SSSR count). The fourth-order valence-electron chi connectivity index (χ4n) is 1.90. The fourth-order valence-corrected chi connectivity index (χ4v) is 1.90. The van der Waals surface area contributed by atoms with E-state index in [1.807, 2.05) is 31.2 Å². The lowest BCUT2D eigenvalue weighted by molar-refractivity contribution is 0.169. The molecular formula is C12H15NO2. The van der Waals surface area contributed by atoms with Crippen molar-refractivity contribution in [2.45, 2.75) is 19.4 Å². The third kappa shape index (κ3) is 1.76. The summed E-state index contributed by atoms with van der Waals surface area (Å²) < 4.78 is 5.57. The van der Waals surface area contributed by atoms with Gasteiger partial charge in [0.15, 0.2) is 0 Å². The minimum Gasteiger partial charge on any atom is -0.461 e. The van der Waals surface area contributed by atoms with E-state index < -0.39 is 6.10 Å². The Labute approximate surface area is 88.5 Å². The minimum atomic E-state index is -0.529. The first kappa shape index (κ1) is 10.2. The van der Waals surface area contributed by atoms with E-state index in [0.717, 1.165) is 22.3 Å². The van der Waals surface area contributed by atoms with Crippen LogP contribution in [0.3, 0.4) is 0 Å². The predicted molar refractivity (Wildman–Crippen MR) is 59.6 cm³/mol. The third-order valence-electron chi connectivity index (χ3n) is 2.59. The summed E-state index contributed by atoms with van der Waals surface area (Å²) in [7, 11) is 0. The molecule has 0 saturated heterocycles. The number of furan rings is 1. The normalized spacial score (nSPS) is 13.3. The van der Waals surface area contributed by atoms with Crippen LogP contribution in [0.4, 0.5) is 0 Å². The summed E-state index contributed by atoms with van der Waals surface area (Å²) in [5, 5.41) is 10.9. The van der Waals surface area contributed by atoms with Gasteiger partial charge >= 0.3 is 0 Å². The topological polar surface area (TPSA) is 59.4 Å². The van der Waals surface area contributed by atoms with Crippen LogP contribution >= 0.6 is 0 Å². The van der Waals surface area contributed by atoms with E-state index in [0.29, 0.717) is 13.0 Å². The zero-order valence-corrected chi connectivity index (χ0v) is 8.73. The highest BCUT2D eigenvalue weighted by Crippen LogP contribution is 2.31. The van der Waals surface area contributed by atoms with Gasteiger partial charge in [-0.15, -0.1) is 0 Å². The van der Waals surface area contributed by atoms with Crippen LogP contribution in [-0.2, 0) is 0 Å². The Balaban J connectivity index is 2.53. The Morgan fingerprint density at radius 1 is 1.40 bits per heavy atom. The first-order valence-electron chi connectivity index (χ1n) is 5.10. The monoisotopic (exact) mass is 205 g/mol. The van der Waals surface area contributed by atoms with Crippen LogP contribution < -0.4 is 5.73 Å². The third-order valence-corrected chi connectivity index (χ3v) is 2.59. The van der Waals surface area contributed by atoms with E-state index in [1.165, 1.54) is 0 Å². The summed E-state index contributed by atoms with van der Waals surface area (Å²) in [6, 6.07) is 7.72. The van der Waals surface area contributed by atoms with Crippen molar-refractivity contribution in [2.24, 2.45) is 5.73 Å². The number of aliphatic hydroxyl groups excluding tert-OH is 1. The van der Waals surface area contributed by atoms with Crippen molar-refractivity contribution >= 4 is 11.0 Å². The molecule has 0 fully saturated rings. The molecule has 0 radical (unpaired) electrons. The van der Waals surface area contributed by atoms with Crippen LogP contribution in [0.15, 0.2) is 28.7 Å². The van der Waals surface area contributed by atoms with Crippen LogP contribution in [0.2, 0.25) is 0 Å². The second-order valence-corrected chi connectivity index (χ2v) is 3.66. The standard InChI is InChI=1S/C12H15NO2/c1-8-12(10(14)6-7-13)9-4-2-3-5-11(9)15-8/h2-5,10,14H,6-7,13H2,1H3. The van der Waals surface area contributed by atoms with E-state index in [2.05, 4.69) is 0 Å². The molecule has 0 bridgehead atoms. The van der Waals surface area contributed by atoms with Crippen molar-refractivity contribution < 1.29 is 9.52 Å². The van der Waals surface area contributed by atoms with Crippen LogP contribution in [0.5, 0.6) is 0 Å². The molecule has 3 heteroatoms. The van der Waals surface area contributed by atoms with Crippen molar-refractivity contribution in [1.82, 2.24) is 0 Å². The first-order chi connectivity index (χ1) is 7.24. The van der Waals surface area contributed by atoms with Gasteiger partial charge in [-0.3, -0.25) is 0 Å². The van der Waals surface area contributed by atoms with Gasteiger partial charge in [0.05, 0.1) is 6.10 Å². The second-order valence-electron chi connectivity index (χ2n) is 3.66. The average molecular weight is 205 g/mol. The van der Waals surface area contributed by atoms with E-state index in [4.69, 9.17) is 10.2 Å². The number of para-hydroxylation sites is 1. The lowest BCUT2D eigenvalue weighted by Gasteiger charge is -2.08. The molecule has 0 amide bonds. The summed E-state index contributed by atoms with van der Waals surface area (Å²) in [4.78, 5) is 0. The smallest absolute Gasteiger partial charge is 0.134 e. The Morgan fingerprint density at radius 3 is 2.87 bits per heavy atom. The Kier molecular flexibility index (Phi) is 2.75. The predicted octanol–water partition coefficient (Wildman–Crippen LogP) is 2.12. The van der Waals surface area contributed by atoms with Crippen molar-refractivity contribution in [3.63, 3.8) is 0 Å². The summed E-state index contributed by atoms with van der Waals surface area (Å²) in [5.74, 6) is 0.775. The highest BCUT2D eigenvalue weighted by atomic mass is 16.3. The van der Waals surface area contributed by atoms with Crippen molar-refractivity contribution in [3.8, 4) is 0 Å². The molecule has 15 heavy (non-hydrogen) atoms. The largest absolute Gasteiger partial charge is 0.461 e. The summed E-state index contributed by atoms with van der Waals surface area (Å²) in [6.45, 7) is 2.34. The number of hydrogen-bond acceptors (Lipinski definition) is 3. The lowest BCUT2D eigenvalue weighted by Crippen LogP contribution is -2.07. The van der Waals surface area contributed by atoms with Crippen LogP contribution in [0.25, 0.3) is 11.0 Å². The highest BCUT2D eigenvalue weighted by molar-refractivity contribution is 5.82. The highest BCUT2D eigenvalue weighted by Gasteiger charge is 2.17. The molecule has 1 heterocycles. The number of nitrogens with two attached hydrogens (primary N) is 1. The molecule has 2 aromatic rings. The molecular weight excluding hydrogens is 190 g/mol. The molecule has 1 aromatic carbocycles. The maximum atomic E-state index is 9.95. The molecule has 1 atom stereocenters. The first-order valence-corrected chi connectivity index (χ1v) is 5.10. The van der Waals surface area contributed by atoms with Crippen LogP contribution in [-0.4, -0.2) is 11.7 Å². The zero-order chi connectivity index (χ0) is 10.8. The molecule has 0 spiro atoms. The quantitative estimate of drug-likeness (QED) is 0.806. The molecule has 0 aliphatic heterocycles. The number of aryl methyl sites for hydroxylation is 1. The van der Waals surface area contributed by atoms with Gasteiger partial charge in [0, 0.05) is 10.9 Å². The van der Waals surface area contributed by atoms with Gasteiger partial charge in [0.25, 0.3) is 0 Å². The summed E-state index contributed by atoms with van der Waals surface area (Å²) >= 11 is 0. The Morgan fingerprint density at radius 2 is 2.13 bits per heavy atom. The molecule has 0 aliphatic carbocycles. The Hall–Kier alpha value is -1.32. The molecule has 1 aromatic heterocycles. The van der Waals surface area contributed by atoms with Crippen LogP contribution in [0.1, 0.15) is 23.8 Å². The molecule has 80 valence electrons. The van der Waals surface area contributed by atoms with E-state index in [1.54, 1.807) is 0 Å². The average Bonchev–Trinajstić information content (AvgIpc) is 2.54. The van der Waals surface area contributed by atoms with E-state index in [9.17, 15) is 5.11 Å². The number of benzene rings is 1. The maximum absolute atomic E-state index is 9.95. The second kappa shape index (κ2) is 4.04. The minimum absolute atomic E-state index is 0.472. The number of hydrogen-bond donors (Lipinski definition) is 2. The Bertz CT molecular complexity index is 462. The fraction of sp³-hybridized carbons (Fsp3) is 0.333. The number of fused-ring (bicyclic) bond motifs is 1. The summed E-state index contributed by atoms with van der Waals surface area (Å²) in [5.41, 5.74) is 7.13. The van der Waals surface area contributed by atoms with Gasteiger partial charge in [0.2, 0.25) is 0 Å².